The number of halogens is 1. The lowest BCUT2D eigenvalue weighted by Gasteiger charge is -2.39. The van der Waals surface area contributed by atoms with Crippen LogP contribution >= 0.6 is 0 Å². The Labute approximate surface area is 101 Å². The van der Waals surface area contributed by atoms with Crippen LogP contribution in [0.4, 0.5) is 10.1 Å². The van der Waals surface area contributed by atoms with Gasteiger partial charge in [0.15, 0.2) is 0 Å². The number of hydrogen-bond donors (Lipinski definition) is 0. The summed E-state index contributed by atoms with van der Waals surface area (Å²) < 4.78 is 13.3. The summed E-state index contributed by atoms with van der Waals surface area (Å²) in [6, 6.07) is 4.96. The molecular weight excluding hydrogens is 217 g/mol. The Morgan fingerprint density at radius 2 is 2.06 bits per heavy atom. The van der Waals surface area contributed by atoms with E-state index in [2.05, 4.69) is 4.90 Å². The second-order valence-electron chi connectivity index (χ2n) is 4.87. The van der Waals surface area contributed by atoms with Gasteiger partial charge in [0.1, 0.15) is 11.6 Å². The molecule has 2 nitrogen and oxygen atoms in total. The molecule has 0 N–H and O–H groups in total. The molecule has 2 unspecified atom stereocenters. The molecule has 1 aliphatic heterocycles. The van der Waals surface area contributed by atoms with Crippen molar-refractivity contribution < 1.29 is 9.18 Å². The van der Waals surface area contributed by atoms with Crippen molar-refractivity contribution in [3.63, 3.8) is 0 Å². The minimum atomic E-state index is -0.220. The van der Waals surface area contributed by atoms with Gasteiger partial charge in [0.2, 0.25) is 0 Å². The number of carbonyl (C=O) groups excluding carboxylic acids is 1. The van der Waals surface area contributed by atoms with Crippen molar-refractivity contribution in [2.45, 2.75) is 33.2 Å². The fraction of sp³-hybridized carbons (Fsp3) is 0.500. The van der Waals surface area contributed by atoms with Gasteiger partial charge in [-0.3, -0.25) is 4.79 Å². The smallest absolute Gasteiger partial charge is 0.139 e. The maximum Gasteiger partial charge on any atom is 0.139 e. The van der Waals surface area contributed by atoms with Crippen molar-refractivity contribution in [2.75, 3.05) is 11.4 Å². The first-order valence-electron chi connectivity index (χ1n) is 6.06. The topological polar surface area (TPSA) is 20.3 Å². The average Bonchev–Trinajstić information content (AvgIpc) is 2.30. The molecule has 1 saturated heterocycles. The molecular formula is C14H18FNO. The number of anilines is 1. The molecule has 1 heterocycles. The normalized spacial score (nSPS) is 25.2. The molecule has 0 bridgehead atoms. The number of aryl methyl sites for hydroxylation is 1. The van der Waals surface area contributed by atoms with Gasteiger partial charge >= 0.3 is 0 Å². The van der Waals surface area contributed by atoms with E-state index in [-0.39, 0.29) is 17.8 Å². The molecule has 1 aliphatic rings. The maximum absolute atomic E-state index is 13.3. The van der Waals surface area contributed by atoms with E-state index in [0.29, 0.717) is 18.7 Å². The molecule has 0 aromatic heterocycles. The van der Waals surface area contributed by atoms with Crippen LogP contribution in [0.5, 0.6) is 0 Å². The molecule has 2 atom stereocenters. The Morgan fingerprint density at radius 3 is 2.76 bits per heavy atom. The van der Waals surface area contributed by atoms with E-state index in [4.69, 9.17) is 0 Å². The molecule has 1 aromatic carbocycles. The van der Waals surface area contributed by atoms with E-state index in [0.717, 1.165) is 11.3 Å². The molecule has 0 aliphatic carbocycles. The number of benzene rings is 1. The number of ketones is 1. The lowest BCUT2D eigenvalue weighted by molar-refractivity contribution is -0.123. The van der Waals surface area contributed by atoms with Crippen molar-refractivity contribution in [3.8, 4) is 0 Å². The zero-order valence-electron chi connectivity index (χ0n) is 10.5. The van der Waals surface area contributed by atoms with E-state index >= 15 is 0 Å². The van der Waals surface area contributed by atoms with Crippen LogP contribution in [0.15, 0.2) is 18.2 Å². The first-order valence-corrected chi connectivity index (χ1v) is 6.06. The number of carbonyl (C=O) groups is 1. The highest BCUT2D eigenvalue weighted by molar-refractivity contribution is 5.84. The number of piperidine rings is 1. The Kier molecular flexibility index (Phi) is 3.18. The zero-order valence-corrected chi connectivity index (χ0v) is 10.5. The SMILES string of the molecule is Cc1ccc(F)cc1N1CCC(=O)C(C)C1C. The quantitative estimate of drug-likeness (QED) is 0.746. The molecule has 92 valence electrons. The van der Waals surface area contributed by atoms with Gasteiger partial charge in [-0.1, -0.05) is 13.0 Å². The fourth-order valence-corrected chi connectivity index (χ4v) is 2.43. The monoisotopic (exact) mass is 235 g/mol. The molecule has 0 radical (unpaired) electrons. The highest BCUT2D eigenvalue weighted by atomic mass is 19.1. The van der Waals surface area contributed by atoms with Crippen molar-refractivity contribution >= 4 is 11.5 Å². The predicted octanol–water partition coefficient (Wildman–Crippen LogP) is 2.94. The second kappa shape index (κ2) is 4.47. The van der Waals surface area contributed by atoms with Crippen molar-refractivity contribution in [1.29, 1.82) is 0 Å². The molecule has 0 saturated carbocycles. The third-order valence-corrected chi connectivity index (χ3v) is 3.80. The number of nitrogens with zero attached hydrogens (tertiary/aromatic N) is 1. The van der Waals surface area contributed by atoms with Crippen LogP contribution in [0.3, 0.4) is 0 Å². The fourth-order valence-electron chi connectivity index (χ4n) is 2.43. The molecule has 17 heavy (non-hydrogen) atoms. The van der Waals surface area contributed by atoms with Crippen molar-refractivity contribution in [2.24, 2.45) is 5.92 Å². The van der Waals surface area contributed by atoms with Gasteiger partial charge < -0.3 is 4.90 Å². The molecule has 3 heteroatoms. The summed E-state index contributed by atoms with van der Waals surface area (Å²) in [7, 11) is 0. The highest BCUT2D eigenvalue weighted by Crippen LogP contribution is 2.29. The number of hydrogen-bond acceptors (Lipinski definition) is 2. The van der Waals surface area contributed by atoms with Gasteiger partial charge in [0, 0.05) is 30.6 Å². The Bertz CT molecular complexity index is 444. The highest BCUT2D eigenvalue weighted by Gasteiger charge is 2.31. The van der Waals surface area contributed by atoms with Crippen LogP contribution in [-0.2, 0) is 4.79 Å². The lowest BCUT2D eigenvalue weighted by Crippen LogP contribution is -2.47. The van der Waals surface area contributed by atoms with Crippen LogP contribution < -0.4 is 4.90 Å². The van der Waals surface area contributed by atoms with Crippen LogP contribution in [-0.4, -0.2) is 18.4 Å². The second-order valence-corrected chi connectivity index (χ2v) is 4.87. The zero-order chi connectivity index (χ0) is 12.6. The Hall–Kier alpha value is -1.38. The molecule has 0 spiro atoms. The summed E-state index contributed by atoms with van der Waals surface area (Å²) in [6.07, 6.45) is 0.557. The maximum atomic E-state index is 13.3. The number of rotatable bonds is 1. The van der Waals surface area contributed by atoms with Crippen molar-refractivity contribution in [3.05, 3.63) is 29.6 Å². The summed E-state index contributed by atoms with van der Waals surface area (Å²) in [5, 5.41) is 0. The predicted molar refractivity (Wildman–Crippen MR) is 66.7 cm³/mol. The van der Waals surface area contributed by atoms with Gasteiger partial charge in [0.05, 0.1) is 0 Å². The third kappa shape index (κ3) is 2.19. The van der Waals surface area contributed by atoms with Crippen LogP contribution in [0.2, 0.25) is 0 Å². The minimum Gasteiger partial charge on any atom is -0.367 e. The summed E-state index contributed by atoms with van der Waals surface area (Å²) >= 11 is 0. The Morgan fingerprint density at radius 1 is 1.35 bits per heavy atom. The molecule has 1 aromatic rings. The average molecular weight is 235 g/mol. The minimum absolute atomic E-state index is 0.0198. The van der Waals surface area contributed by atoms with E-state index in [9.17, 15) is 9.18 Å². The van der Waals surface area contributed by atoms with Gasteiger partial charge in [-0.25, -0.2) is 4.39 Å². The van der Waals surface area contributed by atoms with Gasteiger partial charge in [-0.05, 0) is 31.5 Å². The van der Waals surface area contributed by atoms with E-state index in [1.54, 1.807) is 12.1 Å². The summed E-state index contributed by atoms with van der Waals surface area (Å²) in [5.41, 5.74) is 1.97. The summed E-state index contributed by atoms with van der Waals surface area (Å²) in [6.45, 7) is 6.65. The lowest BCUT2D eigenvalue weighted by atomic mass is 9.90. The van der Waals surface area contributed by atoms with Gasteiger partial charge in [-0.2, -0.15) is 0 Å². The van der Waals surface area contributed by atoms with E-state index < -0.39 is 0 Å². The first kappa shape index (κ1) is 12.1. The van der Waals surface area contributed by atoms with E-state index in [1.165, 1.54) is 6.07 Å². The number of Topliss-reactive ketones (excluding diaryl/α,β-unsaturated/α-hetero) is 1. The van der Waals surface area contributed by atoms with Gasteiger partial charge in [-0.15, -0.1) is 0 Å². The molecule has 2 rings (SSSR count). The van der Waals surface area contributed by atoms with E-state index in [1.807, 2.05) is 20.8 Å². The molecule has 0 amide bonds. The Balaban J connectivity index is 2.33. The van der Waals surface area contributed by atoms with Crippen LogP contribution in [0, 0.1) is 18.7 Å². The molecule has 1 fully saturated rings. The summed E-state index contributed by atoms with van der Waals surface area (Å²) in [5.74, 6) is 0.108. The largest absolute Gasteiger partial charge is 0.367 e. The third-order valence-electron chi connectivity index (χ3n) is 3.80. The first-order chi connectivity index (χ1) is 8.00. The summed E-state index contributed by atoms with van der Waals surface area (Å²) in [4.78, 5) is 13.8. The standard InChI is InChI=1S/C14H18FNO/c1-9-4-5-12(15)8-13(9)16-7-6-14(17)10(2)11(16)3/h4-5,8,10-11H,6-7H2,1-3H3. The van der Waals surface area contributed by atoms with Crippen LogP contribution in [0.1, 0.15) is 25.8 Å². The van der Waals surface area contributed by atoms with Crippen LogP contribution in [0.25, 0.3) is 0 Å². The van der Waals surface area contributed by atoms with Crippen molar-refractivity contribution in [1.82, 2.24) is 0 Å². The van der Waals surface area contributed by atoms with Gasteiger partial charge in [0.25, 0.3) is 0 Å².